The Morgan fingerprint density at radius 1 is 0.871 bits per heavy atom. The third-order valence-electron chi connectivity index (χ3n) is 4.66. The van der Waals surface area contributed by atoms with Crippen LogP contribution < -0.4 is 14.8 Å². The molecule has 0 aliphatic heterocycles. The van der Waals surface area contributed by atoms with E-state index >= 15 is 0 Å². The summed E-state index contributed by atoms with van der Waals surface area (Å²) in [5, 5.41) is 2.93. The molecule has 0 saturated heterocycles. The van der Waals surface area contributed by atoms with Gasteiger partial charge >= 0.3 is 0 Å². The maximum atomic E-state index is 12.4. The van der Waals surface area contributed by atoms with E-state index < -0.39 is 0 Å². The quantitative estimate of drug-likeness (QED) is 0.469. The molecule has 0 fully saturated rings. The average molecular weight is 411 g/mol. The minimum atomic E-state index is -0.127. The third-order valence-corrected chi connectivity index (χ3v) is 4.66. The van der Waals surface area contributed by atoms with E-state index in [1.54, 1.807) is 25.3 Å². The minimum Gasteiger partial charge on any atom is -0.493 e. The molecule has 0 radical (unpaired) electrons. The van der Waals surface area contributed by atoms with Gasteiger partial charge in [0.05, 0.1) is 12.8 Å². The van der Waals surface area contributed by atoms with Gasteiger partial charge in [-0.25, -0.2) is 9.97 Å². The number of amides is 1. The van der Waals surface area contributed by atoms with Gasteiger partial charge in [0.15, 0.2) is 11.5 Å². The molecule has 4 rings (SSSR count). The van der Waals surface area contributed by atoms with Crippen LogP contribution in [0.4, 0.5) is 0 Å². The number of benzene rings is 3. The Bertz CT molecular complexity index is 1160. The van der Waals surface area contributed by atoms with Crippen LogP contribution in [0.2, 0.25) is 0 Å². The van der Waals surface area contributed by atoms with Crippen LogP contribution in [0.1, 0.15) is 15.9 Å². The molecular weight excluding hydrogens is 390 g/mol. The van der Waals surface area contributed by atoms with Gasteiger partial charge in [0.2, 0.25) is 5.88 Å². The molecule has 4 aromatic rings. The molecule has 1 amide bonds. The zero-order valence-corrected chi connectivity index (χ0v) is 17.0. The first-order valence-electron chi connectivity index (χ1n) is 9.78. The van der Waals surface area contributed by atoms with Crippen LogP contribution in [0, 0.1) is 0 Å². The van der Waals surface area contributed by atoms with Crippen LogP contribution in [-0.4, -0.2) is 23.0 Å². The average Bonchev–Trinajstić information content (AvgIpc) is 2.84. The number of hydrogen-bond acceptors (Lipinski definition) is 5. The molecule has 1 N–H and O–H groups in total. The number of aromatic nitrogens is 2. The number of nitrogens with one attached hydrogen (secondary N) is 1. The summed E-state index contributed by atoms with van der Waals surface area (Å²) in [5.74, 6) is 1.46. The van der Waals surface area contributed by atoms with E-state index in [2.05, 4.69) is 15.3 Å². The normalized spacial score (nSPS) is 10.4. The van der Waals surface area contributed by atoms with Crippen molar-refractivity contribution < 1.29 is 14.3 Å². The zero-order valence-electron chi connectivity index (χ0n) is 17.0. The summed E-state index contributed by atoms with van der Waals surface area (Å²) in [5.41, 5.74) is 3.18. The van der Waals surface area contributed by atoms with Crippen LogP contribution >= 0.6 is 0 Å². The second-order valence-corrected chi connectivity index (χ2v) is 6.74. The van der Waals surface area contributed by atoms with Crippen LogP contribution in [0.15, 0.2) is 91.3 Å². The van der Waals surface area contributed by atoms with Crippen molar-refractivity contribution in [1.29, 1.82) is 0 Å². The molecule has 0 atom stereocenters. The highest BCUT2D eigenvalue weighted by atomic mass is 16.5. The fourth-order valence-electron chi connectivity index (χ4n) is 3.04. The first-order chi connectivity index (χ1) is 15.2. The van der Waals surface area contributed by atoms with E-state index in [0.717, 1.165) is 11.1 Å². The maximum absolute atomic E-state index is 12.4. The molecule has 0 unspecified atom stereocenters. The first-order valence-corrected chi connectivity index (χ1v) is 9.78. The Balaban J connectivity index is 1.45. The van der Waals surface area contributed by atoms with Crippen molar-refractivity contribution in [3.8, 4) is 28.6 Å². The van der Waals surface area contributed by atoms with Gasteiger partial charge in [-0.2, -0.15) is 0 Å². The van der Waals surface area contributed by atoms with Gasteiger partial charge in [0, 0.05) is 23.7 Å². The van der Waals surface area contributed by atoms with Crippen LogP contribution in [0.3, 0.4) is 0 Å². The van der Waals surface area contributed by atoms with Gasteiger partial charge in [-0.3, -0.25) is 4.79 Å². The van der Waals surface area contributed by atoms with Crippen LogP contribution in [0.5, 0.6) is 17.4 Å². The highest BCUT2D eigenvalue weighted by Crippen LogP contribution is 2.31. The lowest BCUT2D eigenvalue weighted by Gasteiger charge is -2.10. The maximum Gasteiger partial charge on any atom is 0.251 e. The summed E-state index contributed by atoms with van der Waals surface area (Å²) in [6.45, 7) is 0.483. The Hall–Kier alpha value is -4.19. The number of methoxy groups -OCH3 is 1. The molecule has 1 heterocycles. The molecule has 6 nitrogen and oxygen atoms in total. The fourth-order valence-corrected chi connectivity index (χ4v) is 3.04. The number of ether oxygens (including phenoxy) is 2. The predicted octanol–water partition coefficient (Wildman–Crippen LogP) is 4.87. The smallest absolute Gasteiger partial charge is 0.251 e. The van der Waals surface area contributed by atoms with Crippen molar-refractivity contribution in [2.24, 2.45) is 0 Å². The van der Waals surface area contributed by atoms with E-state index in [4.69, 9.17) is 9.47 Å². The number of carbonyl (C=O) groups is 1. The molecule has 0 bridgehead atoms. The molecule has 31 heavy (non-hydrogen) atoms. The predicted molar refractivity (Wildman–Crippen MR) is 118 cm³/mol. The molecule has 154 valence electrons. The summed E-state index contributed by atoms with van der Waals surface area (Å²) in [7, 11) is 1.59. The van der Waals surface area contributed by atoms with Gasteiger partial charge in [-0.1, -0.05) is 54.6 Å². The van der Waals surface area contributed by atoms with Gasteiger partial charge < -0.3 is 14.8 Å². The second kappa shape index (κ2) is 9.54. The molecule has 0 aliphatic rings. The molecule has 6 heteroatoms. The molecule has 0 spiro atoms. The van der Waals surface area contributed by atoms with Crippen molar-refractivity contribution in [1.82, 2.24) is 15.3 Å². The summed E-state index contributed by atoms with van der Waals surface area (Å²) in [6.07, 6.45) is 1.45. The van der Waals surface area contributed by atoms with E-state index in [1.165, 1.54) is 6.33 Å². The highest BCUT2D eigenvalue weighted by Gasteiger charge is 2.09. The van der Waals surface area contributed by atoms with Gasteiger partial charge in [0.25, 0.3) is 5.91 Å². The van der Waals surface area contributed by atoms with Gasteiger partial charge in [-0.05, 0) is 29.8 Å². The third kappa shape index (κ3) is 5.05. The van der Waals surface area contributed by atoms with Crippen molar-refractivity contribution >= 4 is 5.91 Å². The monoisotopic (exact) mass is 411 g/mol. The molecule has 1 aromatic heterocycles. The molecule has 3 aromatic carbocycles. The number of hydrogen-bond donors (Lipinski definition) is 1. The summed E-state index contributed by atoms with van der Waals surface area (Å²) >= 11 is 0. The lowest BCUT2D eigenvalue weighted by molar-refractivity contribution is 0.0951. The SMILES string of the molecule is COc1ccccc1Oc1cc(-c2ccc(C(=O)NCc3ccccc3)cc2)ncn1. The number of rotatable bonds is 7. The van der Waals surface area contributed by atoms with Crippen molar-refractivity contribution in [3.05, 3.63) is 102 Å². The van der Waals surface area contributed by atoms with E-state index in [9.17, 15) is 4.79 Å². The van der Waals surface area contributed by atoms with Crippen molar-refractivity contribution in [3.63, 3.8) is 0 Å². The number of para-hydroxylation sites is 2. The zero-order chi connectivity index (χ0) is 21.5. The molecule has 0 aliphatic carbocycles. The Labute approximate surface area is 180 Å². The summed E-state index contributed by atoms with van der Waals surface area (Å²) < 4.78 is 11.2. The number of carbonyl (C=O) groups excluding carboxylic acids is 1. The van der Waals surface area contributed by atoms with Crippen molar-refractivity contribution in [2.45, 2.75) is 6.54 Å². The largest absolute Gasteiger partial charge is 0.493 e. The van der Waals surface area contributed by atoms with Gasteiger partial charge in [0.1, 0.15) is 6.33 Å². The van der Waals surface area contributed by atoms with Crippen LogP contribution in [-0.2, 0) is 6.54 Å². The Morgan fingerprint density at radius 3 is 2.32 bits per heavy atom. The Morgan fingerprint density at radius 2 is 1.58 bits per heavy atom. The summed E-state index contributed by atoms with van der Waals surface area (Å²) in [6, 6.07) is 26.2. The van der Waals surface area contributed by atoms with E-state index in [-0.39, 0.29) is 5.91 Å². The first kappa shape index (κ1) is 20.1. The van der Waals surface area contributed by atoms with Crippen molar-refractivity contribution in [2.75, 3.05) is 7.11 Å². The summed E-state index contributed by atoms with van der Waals surface area (Å²) in [4.78, 5) is 20.9. The fraction of sp³-hybridized carbons (Fsp3) is 0.0800. The second-order valence-electron chi connectivity index (χ2n) is 6.74. The van der Waals surface area contributed by atoms with Gasteiger partial charge in [-0.15, -0.1) is 0 Å². The highest BCUT2D eigenvalue weighted by molar-refractivity contribution is 5.94. The lowest BCUT2D eigenvalue weighted by Crippen LogP contribution is -2.22. The lowest BCUT2D eigenvalue weighted by atomic mass is 10.1. The molecular formula is C25H21N3O3. The Kier molecular flexibility index (Phi) is 6.18. The van der Waals surface area contributed by atoms with E-state index in [1.807, 2.05) is 66.7 Å². The standard InChI is InChI=1S/C25H21N3O3/c1-30-22-9-5-6-10-23(22)31-24-15-21(27-17-28-24)19-11-13-20(14-12-19)25(29)26-16-18-7-3-2-4-8-18/h2-15,17H,16H2,1H3,(H,26,29). The van der Waals surface area contributed by atoms with E-state index in [0.29, 0.717) is 35.2 Å². The van der Waals surface area contributed by atoms with Crippen LogP contribution in [0.25, 0.3) is 11.3 Å². The number of nitrogens with zero attached hydrogens (tertiary/aromatic N) is 2. The molecule has 0 saturated carbocycles. The topological polar surface area (TPSA) is 73.3 Å². The minimum absolute atomic E-state index is 0.127.